The van der Waals surface area contributed by atoms with Gasteiger partial charge >= 0.3 is 0 Å². The van der Waals surface area contributed by atoms with Crippen molar-refractivity contribution in [2.45, 2.75) is 38.6 Å². The van der Waals surface area contributed by atoms with Crippen molar-refractivity contribution in [3.63, 3.8) is 0 Å². The molecule has 0 N–H and O–H groups in total. The predicted molar refractivity (Wildman–Crippen MR) is 98.6 cm³/mol. The van der Waals surface area contributed by atoms with Gasteiger partial charge in [0.1, 0.15) is 0 Å². The molecule has 0 unspecified atom stereocenters. The first kappa shape index (κ1) is 16.4. The van der Waals surface area contributed by atoms with Gasteiger partial charge in [0.15, 0.2) is 5.78 Å². The summed E-state index contributed by atoms with van der Waals surface area (Å²) in [5, 5.41) is 0. The van der Waals surface area contributed by atoms with Crippen LogP contribution in [0.3, 0.4) is 0 Å². The van der Waals surface area contributed by atoms with Gasteiger partial charge in [-0.3, -0.25) is 9.78 Å². The fraction of sp³-hybridized carbons (Fsp3) is 0.524. The van der Waals surface area contributed by atoms with E-state index in [0.29, 0.717) is 17.4 Å². The number of rotatable bonds is 3. The molecule has 0 aromatic carbocycles. The molecule has 2 aliphatic carbocycles. The Morgan fingerprint density at radius 3 is 2.60 bits per heavy atom. The Morgan fingerprint density at radius 2 is 2.00 bits per heavy atom. The van der Waals surface area contributed by atoms with Gasteiger partial charge in [-0.2, -0.15) is 0 Å². The maximum Gasteiger partial charge on any atom is 0.177 e. The molecule has 0 amide bonds. The summed E-state index contributed by atoms with van der Waals surface area (Å²) >= 11 is 0. The smallest absolute Gasteiger partial charge is 0.177 e. The maximum atomic E-state index is 12.6. The van der Waals surface area contributed by atoms with Crippen LogP contribution in [-0.2, 0) is 17.8 Å². The average Bonchev–Trinajstić information content (AvgIpc) is 3.33. The number of nitrogens with zero attached hydrogens (tertiary/aromatic N) is 3. The second kappa shape index (κ2) is 6.00. The van der Waals surface area contributed by atoms with E-state index in [0.717, 1.165) is 42.2 Å². The Kier molecular flexibility index (Phi) is 3.92. The van der Waals surface area contributed by atoms with Crippen LogP contribution in [0.1, 0.15) is 42.5 Å². The SMILES string of the molecule is C#CC1=C(N2CCC3(CC2)CC3)c2cc(CN(C)C)ncc2CC1=O. The molecule has 1 spiro atoms. The van der Waals surface area contributed by atoms with Crippen LogP contribution in [0.4, 0.5) is 0 Å². The summed E-state index contributed by atoms with van der Waals surface area (Å²) in [7, 11) is 4.07. The van der Waals surface area contributed by atoms with Crippen molar-refractivity contribution in [3.05, 3.63) is 34.7 Å². The number of terminal acetylenes is 1. The van der Waals surface area contributed by atoms with Gasteiger partial charge in [0.25, 0.3) is 0 Å². The first-order valence-corrected chi connectivity index (χ1v) is 9.13. The predicted octanol–water partition coefficient (Wildman–Crippen LogP) is 2.49. The lowest BCUT2D eigenvalue weighted by atomic mass is 9.86. The van der Waals surface area contributed by atoms with E-state index in [1.165, 1.54) is 25.7 Å². The van der Waals surface area contributed by atoms with Gasteiger partial charge in [0, 0.05) is 37.8 Å². The number of hydrogen-bond donors (Lipinski definition) is 0. The molecule has 25 heavy (non-hydrogen) atoms. The zero-order valence-corrected chi connectivity index (χ0v) is 15.1. The zero-order chi connectivity index (χ0) is 17.6. The fourth-order valence-electron chi connectivity index (χ4n) is 4.19. The highest BCUT2D eigenvalue weighted by molar-refractivity contribution is 6.10. The van der Waals surface area contributed by atoms with Gasteiger partial charge in [0.05, 0.1) is 17.0 Å². The fourth-order valence-corrected chi connectivity index (χ4v) is 4.19. The van der Waals surface area contributed by atoms with Gasteiger partial charge in [-0.1, -0.05) is 5.92 Å². The second-order valence-corrected chi connectivity index (χ2v) is 8.03. The first-order valence-electron chi connectivity index (χ1n) is 9.13. The van der Waals surface area contributed by atoms with Crippen LogP contribution in [0.25, 0.3) is 5.70 Å². The van der Waals surface area contributed by atoms with E-state index in [9.17, 15) is 4.79 Å². The number of allylic oxidation sites excluding steroid dienone is 1. The third kappa shape index (κ3) is 2.98. The van der Waals surface area contributed by atoms with Crippen LogP contribution in [-0.4, -0.2) is 47.8 Å². The Morgan fingerprint density at radius 1 is 1.28 bits per heavy atom. The standard InChI is InChI=1S/C21H25N3O/c1-4-17-19(25)11-15-13-22-16(14-23(2)3)12-18(15)20(17)24-9-7-21(5-6-21)8-10-24/h1,12-13H,5-11,14H2,2-3H3. The van der Waals surface area contributed by atoms with Gasteiger partial charge in [-0.25, -0.2) is 0 Å². The number of piperidine rings is 1. The lowest BCUT2D eigenvalue weighted by Gasteiger charge is -2.38. The van der Waals surface area contributed by atoms with Crippen molar-refractivity contribution < 1.29 is 4.79 Å². The first-order chi connectivity index (χ1) is 12.0. The molecule has 3 aliphatic rings. The molecular weight excluding hydrogens is 310 g/mol. The van der Waals surface area contributed by atoms with Crippen molar-refractivity contribution >= 4 is 11.5 Å². The molecular formula is C21H25N3O. The molecule has 130 valence electrons. The summed E-state index contributed by atoms with van der Waals surface area (Å²) in [5.41, 5.74) is 5.28. The number of pyridine rings is 1. The molecule has 2 fully saturated rings. The van der Waals surface area contributed by atoms with Crippen molar-refractivity contribution in [3.8, 4) is 12.3 Å². The number of aromatic nitrogens is 1. The van der Waals surface area contributed by atoms with E-state index in [2.05, 4.69) is 26.8 Å². The van der Waals surface area contributed by atoms with Crippen LogP contribution >= 0.6 is 0 Å². The Labute approximate surface area is 149 Å². The van der Waals surface area contributed by atoms with Crippen molar-refractivity contribution in [2.75, 3.05) is 27.2 Å². The molecule has 2 heterocycles. The summed E-state index contributed by atoms with van der Waals surface area (Å²) in [6, 6.07) is 2.13. The molecule has 4 heteroatoms. The summed E-state index contributed by atoms with van der Waals surface area (Å²) in [6.07, 6.45) is 13.2. The summed E-state index contributed by atoms with van der Waals surface area (Å²) < 4.78 is 0. The van der Waals surface area contributed by atoms with Gasteiger partial charge < -0.3 is 9.80 Å². The summed E-state index contributed by atoms with van der Waals surface area (Å²) in [5.74, 6) is 2.75. The van der Waals surface area contributed by atoms with Gasteiger partial charge in [0.2, 0.25) is 0 Å². The highest BCUT2D eigenvalue weighted by Crippen LogP contribution is 2.54. The summed E-state index contributed by atoms with van der Waals surface area (Å²) in [4.78, 5) is 21.6. The number of Topliss-reactive ketones (excluding diaryl/α,β-unsaturated/α-hetero) is 1. The van der Waals surface area contributed by atoms with E-state index in [1.54, 1.807) is 0 Å². The third-order valence-electron chi connectivity index (χ3n) is 5.88. The number of hydrogen-bond acceptors (Lipinski definition) is 4. The van der Waals surface area contributed by atoms with Gasteiger partial charge in [-0.05, 0) is 56.8 Å². The molecule has 0 radical (unpaired) electrons. The van der Waals surface area contributed by atoms with Crippen LogP contribution in [0.2, 0.25) is 0 Å². The van der Waals surface area contributed by atoms with Crippen LogP contribution < -0.4 is 0 Å². The Hall–Kier alpha value is -2.12. The van der Waals surface area contributed by atoms with E-state index in [1.807, 2.05) is 20.3 Å². The minimum Gasteiger partial charge on any atom is -0.370 e. The molecule has 0 bridgehead atoms. The Balaban J connectivity index is 1.74. The van der Waals surface area contributed by atoms with Crippen LogP contribution in [0.15, 0.2) is 17.8 Å². The topological polar surface area (TPSA) is 36.4 Å². The normalized spacial score (nSPS) is 21.5. The lowest BCUT2D eigenvalue weighted by Crippen LogP contribution is -2.36. The molecule has 4 nitrogen and oxygen atoms in total. The number of likely N-dealkylation sites (tertiary alicyclic amines) is 1. The van der Waals surface area contributed by atoms with E-state index in [-0.39, 0.29) is 5.78 Å². The van der Waals surface area contributed by atoms with Crippen molar-refractivity contribution in [2.24, 2.45) is 5.41 Å². The second-order valence-electron chi connectivity index (χ2n) is 8.03. The van der Waals surface area contributed by atoms with Crippen LogP contribution in [0.5, 0.6) is 0 Å². The minimum atomic E-state index is 0.0545. The highest BCUT2D eigenvalue weighted by Gasteiger charge is 2.45. The largest absolute Gasteiger partial charge is 0.370 e. The van der Waals surface area contributed by atoms with Crippen molar-refractivity contribution in [1.82, 2.24) is 14.8 Å². The number of fused-ring (bicyclic) bond motifs is 1. The number of carbonyl (C=O) groups excluding carboxylic acids is 1. The van der Waals surface area contributed by atoms with Gasteiger partial charge in [-0.15, -0.1) is 6.42 Å². The zero-order valence-electron chi connectivity index (χ0n) is 15.1. The number of carbonyl (C=O) groups is 1. The summed E-state index contributed by atoms with van der Waals surface area (Å²) in [6.45, 7) is 2.78. The quantitative estimate of drug-likeness (QED) is 0.795. The maximum absolute atomic E-state index is 12.6. The molecule has 1 aromatic heterocycles. The van der Waals surface area contributed by atoms with E-state index in [4.69, 9.17) is 6.42 Å². The van der Waals surface area contributed by atoms with Crippen molar-refractivity contribution in [1.29, 1.82) is 0 Å². The molecule has 4 rings (SSSR count). The number of ketones is 1. The van der Waals surface area contributed by atoms with E-state index < -0.39 is 0 Å². The third-order valence-corrected chi connectivity index (χ3v) is 5.88. The molecule has 0 atom stereocenters. The van der Waals surface area contributed by atoms with E-state index >= 15 is 0 Å². The molecule has 1 saturated carbocycles. The Bertz CT molecular complexity index is 786. The van der Waals surface area contributed by atoms with Crippen LogP contribution in [0, 0.1) is 17.8 Å². The monoisotopic (exact) mass is 335 g/mol. The molecule has 1 aliphatic heterocycles. The molecule has 1 saturated heterocycles. The molecule has 1 aromatic rings. The average molecular weight is 335 g/mol. The minimum absolute atomic E-state index is 0.0545. The lowest BCUT2D eigenvalue weighted by molar-refractivity contribution is -0.114. The highest BCUT2D eigenvalue weighted by atomic mass is 16.1.